The predicted molar refractivity (Wildman–Crippen MR) is 67.3 cm³/mol. The molecule has 0 spiro atoms. The van der Waals surface area contributed by atoms with Gasteiger partial charge in [0.05, 0.1) is 0 Å². The molecule has 0 saturated heterocycles. The van der Waals surface area contributed by atoms with E-state index in [2.05, 4.69) is 19.9 Å². The number of ether oxygens (including phenoxy) is 2. The molecule has 0 saturated carbocycles. The van der Waals surface area contributed by atoms with Gasteiger partial charge in [0.2, 0.25) is 0 Å². The molecule has 17 heavy (non-hydrogen) atoms. The monoisotopic (exact) mass is 236 g/mol. The minimum absolute atomic E-state index is 0.225. The van der Waals surface area contributed by atoms with E-state index in [-0.39, 0.29) is 6.10 Å². The van der Waals surface area contributed by atoms with Gasteiger partial charge >= 0.3 is 0 Å². The summed E-state index contributed by atoms with van der Waals surface area (Å²) in [5, 5.41) is 0. The third-order valence-electron chi connectivity index (χ3n) is 2.82. The number of rotatable bonds is 7. The molecule has 94 valence electrons. The maximum Gasteiger partial charge on any atom is 0.293 e. The van der Waals surface area contributed by atoms with Crippen LogP contribution in [0.5, 0.6) is 5.75 Å². The molecule has 0 fully saturated rings. The van der Waals surface area contributed by atoms with Crippen LogP contribution < -0.4 is 4.74 Å². The maximum absolute atomic E-state index is 10.2. The highest BCUT2D eigenvalue weighted by Gasteiger charge is 2.10. The molecule has 0 aromatic heterocycles. The lowest BCUT2D eigenvalue weighted by Gasteiger charge is -2.17. The van der Waals surface area contributed by atoms with E-state index in [1.54, 1.807) is 6.92 Å². The minimum Gasteiger partial charge on any atom is -0.489 e. The van der Waals surface area contributed by atoms with E-state index < -0.39 is 0 Å². The lowest BCUT2D eigenvalue weighted by molar-refractivity contribution is -0.134. The van der Waals surface area contributed by atoms with Gasteiger partial charge in [-0.25, -0.2) is 0 Å². The van der Waals surface area contributed by atoms with Crippen molar-refractivity contribution in [3.8, 4) is 5.75 Å². The molecule has 0 amide bonds. The van der Waals surface area contributed by atoms with Crippen LogP contribution in [0.15, 0.2) is 24.3 Å². The minimum atomic E-state index is -0.225. The molecule has 0 aliphatic rings. The van der Waals surface area contributed by atoms with Crippen LogP contribution in [0, 0.1) is 0 Å². The van der Waals surface area contributed by atoms with Crippen molar-refractivity contribution in [2.45, 2.75) is 39.2 Å². The Labute approximate surface area is 103 Å². The van der Waals surface area contributed by atoms with Crippen molar-refractivity contribution in [2.24, 2.45) is 0 Å². The fourth-order valence-corrected chi connectivity index (χ4v) is 1.58. The number of benzene rings is 1. The molecule has 0 bridgehead atoms. The molecule has 2 atom stereocenters. The summed E-state index contributed by atoms with van der Waals surface area (Å²) in [5.41, 5.74) is 1.20. The summed E-state index contributed by atoms with van der Waals surface area (Å²) in [4.78, 5) is 10.2. The van der Waals surface area contributed by atoms with E-state index in [0.717, 1.165) is 12.2 Å². The maximum atomic E-state index is 10.2. The normalized spacial score (nSPS) is 13.8. The first-order valence-electron chi connectivity index (χ1n) is 5.99. The second-order valence-corrected chi connectivity index (χ2v) is 4.20. The zero-order chi connectivity index (χ0) is 12.7. The van der Waals surface area contributed by atoms with Crippen molar-refractivity contribution in [3.05, 3.63) is 29.8 Å². The van der Waals surface area contributed by atoms with Gasteiger partial charge in [0.25, 0.3) is 6.47 Å². The van der Waals surface area contributed by atoms with Crippen LogP contribution in [0.3, 0.4) is 0 Å². The highest BCUT2D eigenvalue weighted by atomic mass is 16.6. The van der Waals surface area contributed by atoms with E-state index in [1.165, 1.54) is 5.56 Å². The van der Waals surface area contributed by atoms with Crippen molar-refractivity contribution >= 4 is 6.47 Å². The molecule has 0 aliphatic heterocycles. The molecule has 0 unspecified atom stereocenters. The number of carbonyl (C=O) groups is 1. The SMILES string of the molecule is CC[C@@H](C)c1ccccc1OC[C@H](C)OC=O. The summed E-state index contributed by atoms with van der Waals surface area (Å²) < 4.78 is 10.5. The van der Waals surface area contributed by atoms with Crippen molar-refractivity contribution in [3.63, 3.8) is 0 Å². The average molecular weight is 236 g/mol. The van der Waals surface area contributed by atoms with Gasteiger partial charge < -0.3 is 9.47 Å². The summed E-state index contributed by atoms with van der Waals surface area (Å²) in [6.45, 7) is 6.97. The van der Waals surface area contributed by atoms with Crippen LogP contribution in [0.2, 0.25) is 0 Å². The Balaban J connectivity index is 2.66. The van der Waals surface area contributed by atoms with E-state index >= 15 is 0 Å². The van der Waals surface area contributed by atoms with E-state index in [1.807, 2.05) is 18.2 Å². The Kier molecular flexibility index (Phi) is 5.53. The van der Waals surface area contributed by atoms with Crippen LogP contribution >= 0.6 is 0 Å². The zero-order valence-corrected chi connectivity index (χ0v) is 10.7. The average Bonchev–Trinajstić information content (AvgIpc) is 2.36. The topological polar surface area (TPSA) is 35.5 Å². The predicted octanol–water partition coefficient (Wildman–Crippen LogP) is 3.14. The summed E-state index contributed by atoms with van der Waals surface area (Å²) >= 11 is 0. The standard InChI is InChI=1S/C14H20O3/c1-4-11(2)13-7-5-6-8-14(13)16-9-12(3)17-10-15/h5-8,10-12H,4,9H2,1-3H3/t11-,12+/m1/s1. The fraction of sp³-hybridized carbons (Fsp3) is 0.500. The second-order valence-electron chi connectivity index (χ2n) is 4.20. The first-order valence-corrected chi connectivity index (χ1v) is 5.99. The van der Waals surface area contributed by atoms with Gasteiger partial charge in [0.15, 0.2) is 0 Å². The van der Waals surface area contributed by atoms with Gasteiger partial charge in [0, 0.05) is 0 Å². The summed E-state index contributed by atoms with van der Waals surface area (Å²) in [5.74, 6) is 1.34. The Hall–Kier alpha value is -1.51. The lowest BCUT2D eigenvalue weighted by Crippen LogP contribution is -2.17. The van der Waals surface area contributed by atoms with Gasteiger partial charge in [-0.1, -0.05) is 32.0 Å². The van der Waals surface area contributed by atoms with Crippen LogP contribution in [0.25, 0.3) is 0 Å². The molecule has 0 N–H and O–H groups in total. The van der Waals surface area contributed by atoms with Crippen LogP contribution in [0.4, 0.5) is 0 Å². The molecule has 3 nitrogen and oxygen atoms in total. The van der Waals surface area contributed by atoms with Crippen molar-refractivity contribution in [2.75, 3.05) is 6.61 Å². The van der Waals surface area contributed by atoms with Gasteiger partial charge in [-0.15, -0.1) is 0 Å². The van der Waals surface area contributed by atoms with Crippen molar-refractivity contribution in [1.29, 1.82) is 0 Å². The summed E-state index contributed by atoms with van der Waals surface area (Å²) in [7, 11) is 0. The van der Waals surface area contributed by atoms with Crippen molar-refractivity contribution in [1.82, 2.24) is 0 Å². The van der Waals surface area contributed by atoms with E-state index in [0.29, 0.717) is 19.0 Å². The largest absolute Gasteiger partial charge is 0.489 e. The number of carbonyl (C=O) groups excluding carboxylic acids is 1. The highest BCUT2D eigenvalue weighted by Crippen LogP contribution is 2.28. The van der Waals surface area contributed by atoms with Crippen molar-refractivity contribution < 1.29 is 14.3 Å². The smallest absolute Gasteiger partial charge is 0.293 e. The van der Waals surface area contributed by atoms with Gasteiger partial charge in [-0.05, 0) is 30.9 Å². The number of para-hydroxylation sites is 1. The quantitative estimate of drug-likeness (QED) is 0.682. The molecule has 0 heterocycles. The first-order chi connectivity index (χ1) is 8.19. The Morgan fingerprint density at radius 3 is 2.65 bits per heavy atom. The Bertz CT molecular complexity index is 349. The first kappa shape index (κ1) is 13.6. The third kappa shape index (κ3) is 4.10. The Morgan fingerprint density at radius 1 is 1.29 bits per heavy atom. The van der Waals surface area contributed by atoms with E-state index in [4.69, 9.17) is 9.47 Å². The molecule has 1 aromatic rings. The number of hydrogen-bond donors (Lipinski definition) is 0. The fourth-order valence-electron chi connectivity index (χ4n) is 1.58. The van der Waals surface area contributed by atoms with Crippen LogP contribution in [0.1, 0.15) is 38.7 Å². The van der Waals surface area contributed by atoms with Crippen LogP contribution in [-0.2, 0) is 9.53 Å². The van der Waals surface area contributed by atoms with Gasteiger partial charge in [-0.3, -0.25) is 4.79 Å². The Morgan fingerprint density at radius 2 is 2.00 bits per heavy atom. The van der Waals surface area contributed by atoms with E-state index in [9.17, 15) is 4.79 Å². The molecule has 1 aromatic carbocycles. The molecule has 0 radical (unpaired) electrons. The molecule has 1 rings (SSSR count). The second kappa shape index (κ2) is 6.94. The molecular weight excluding hydrogens is 216 g/mol. The van der Waals surface area contributed by atoms with Gasteiger partial charge in [0.1, 0.15) is 18.5 Å². The molecular formula is C14H20O3. The summed E-state index contributed by atoms with van der Waals surface area (Å²) in [6, 6.07) is 8.00. The molecule has 0 aliphatic carbocycles. The number of hydrogen-bond acceptors (Lipinski definition) is 3. The van der Waals surface area contributed by atoms with Crippen LogP contribution in [-0.4, -0.2) is 19.2 Å². The molecule has 3 heteroatoms. The lowest BCUT2D eigenvalue weighted by atomic mass is 9.98. The summed E-state index contributed by atoms with van der Waals surface area (Å²) in [6.07, 6.45) is 0.846. The highest BCUT2D eigenvalue weighted by molar-refractivity contribution is 5.37. The third-order valence-corrected chi connectivity index (χ3v) is 2.82. The van der Waals surface area contributed by atoms with Gasteiger partial charge in [-0.2, -0.15) is 0 Å². The zero-order valence-electron chi connectivity index (χ0n) is 10.7.